The summed E-state index contributed by atoms with van der Waals surface area (Å²) in [6, 6.07) is 7.46. The van der Waals surface area contributed by atoms with Gasteiger partial charge in [-0.25, -0.2) is 0 Å². The summed E-state index contributed by atoms with van der Waals surface area (Å²) in [6.07, 6.45) is 1.07. The van der Waals surface area contributed by atoms with Crippen LogP contribution in [0.5, 0.6) is 0 Å². The van der Waals surface area contributed by atoms with Gasteiger partial charge >= 0.3 is 0 Å². The number of hydrogen-bond acceptors (Lipinski definition) is 2. The number of nitrogens with one attached hydrogen (secondary N) is 1. The maximum absolute atomic E-state index is 12.0. The molecule has 0 aliphatic rings. The third-order valence-electron chi connectivity index (χ3n) is 3.29. The minimum atomic E-state index is -0.393. The number of benzene rings is 1. The van der Waals surface area contributed by atoms with Gasteiger partial charge in [0.25, 0.3) is 0 Å². The van der Waals surface area contributed by atoms with Crippen LogP contribution in [0.15, 0.2) is 24.3 Å². The normalized spacial score (nSPS) is 11.1. The minimum absolute atomic E-state index is 0.00877. The molecule has 0 bridgehead atoms. The Morgan fingerprint density at radius 1 is 1.18 bits per heavy atom. The van der Waals surface area contributed by atoms with Crippen LogP contribution in [0.1, 0.15) is 39.2 Å². The van der Waals surface area contributed by atoms with Crippen LogP contribution in [-0.2, 0) is 16.1 Å². The van der Waals surface area contributed by atoms with E-state index in [1.807, 2.05) is 45.0 Å². The Bertz CT molecular complexity index is 506. The molecule has 1 aromatic rings. The molecule has 0 heterocycles. The predicted molar refractivity (Wildman–Crippen MR) is 89.6 cm³/mol. The molecular formula is C17H25ClN2O2. The molecule has 22 heavy (non-hydrogen) atoms. The lowest BCUT2D eigenvalue weighted by molar-refractivity contribution is -0.131. The van der Waals surface area contributed by atoms with E-state index in [0.29, 0.717) is 31.0 Å². The number of carbonyl (C=O) groups is 2. The van der Waals surface area contributed by atoms with E-state index in [2.05, 4.69) is 5.32 Å². The van der Waals surface area contributed by atoms with Gasteiger partial charge in [-0.3, -0.25) is 9.59 Å². The average Bonchev–Trinajstić information content (AvgIpc) is 2.44. The number of nitrogens with zero attached hydrogens (tertiary/aromatic N) is 1. The fourth-order valence-corrected chi connectivity index (χ4v) is 1.98. The van der Waals surface area contributed by atoms with Gasteiger partial charge in [-0.2, -0.15) is 0 Å². The van der Waals surface area contributed by atoms with Crippen molar-refractivity contribution in [3.05, 3.63) is 34.9 Å². The molecule has 0 spiro atoms. The van der Waals surface area contributed by atoms with E-state index in [9.17, 15) is 9.59 Å². The highest BCUT2D eigenvalue weighted by Gasteiger charge is 2.20. The van der Waals surface area contributed by atoms with Crippen LogP contribution in [0, 0.1) is 5.41 Å². The van der Waals surface area contributed by atoms with Crippen LogP contribution in [0.25, 0.3) is 0 Å². The number of carbonyl (C=O) groups excluding carboxylic acids is 2. The second kappa shape index (κ2) is 8.18. The summed E-state index contributed by atoms with van der Waals surface area (Å²) in [6.45, 7) is 6.69. The molecule has 0 aliphatic carbocycles. The van der Waals surface area contributed by atoms with Crippen molar-refractivity contribution < 1.29 is 9.59 Å². The van der Waals surface area contributed by atoms with E-state index < -0.39 is 5.41 Å². The van der Waals surface area contributed by atoms with Crippen molar-refractivity contribution in [3.63, 3.8) is 0 Å². The van der Waals surface area contributed by atoms with Gasteiger partial charge in [0, 0.05) is 37.0 Å². The van der Waals surface area contributed by atoms with Gasteiger partial charge in [-0.05, 0) is 24.1 Å². The maximum Gasteiger partial charge on any atom is 0.225 e. The van der Waals surface area contributed by atoms with E-state index in [1.54, 1.807) is 11.9 Å². The van der Waals surface area contributed by atoms with Crippen LogP contribution in [0.4, 0.5) is 0 Å². The summed E-state index contributed by atoms with van der Waals surface area (Å²) < 4.78 is 0. The van der Waals surface area contributed by atoms with Crippen molar-refractivity contribution in [2.75, 3.05) is 13.6 Å². The average molecular weight is 325 g/mol. The Kier molecular flexibility index (Phi) is 6.88. The minimum Gasteiger partial charge on any atom is -0.356 e. The Morgan fingerprint density at radius 3 is 2.32 bits per heavy atom. The maximum atomic E-state index is 12.0. The summed E-state index contributed by atoms with van der Waals surface area (Å²) >= 11 is 5.84. The molecule has 0 unspecified atom stereocenters. The van der Waals surface area contributed by atoms with Crippen molar-refractivity contribution in [2.24, 2.45) is 5.41 Å². The smallest absolute Gasteiger partial charge is 0.225 e. The summed E-state index contributed by atoms with van der Waals surface area (Å²) in [5.41, 5.74) is 0.649. The molecule has 1 aromatic carbocycles. The lowest BCUT2D eigenvalue weighted by atomic mass is 9.96. The molecule has 1 rings (SSSR count). The van der Waals surface area contributed by atoms with Gasteiger partial charge < -0.3 is 10.2 Å². The van der Waals surface area contributed by atoms with Crippen LogP contribution in [0.2, 0.25) is 5.02 Å². The van der Waals surface area contributed by atoms with Crippen molar-refractivity contribution in [1.29, 1.82) is 0 Å². The standard InChI is InChI=1S/C17H25ClN2O2/c1-17(2,3)16(22)19-11-5-6-15(21)20(4)12-13-7-9-14(18)10-8-13/h7-10H,5-6,11-12H2,1-4H3,(H,19,22). The molecule has 122 valence electrons. The molecule has 0 saturated carbocycles. The summed E-state index contributed by atoms with van der Waals surface area (Å²) in [4.78, 5) is 25.4. The second-order valence-electron chi connectivity index (χ2n) is 6.49. The summed E-state index contributed by atoms with van der Waals surface area (Å²) in [7, 11) is 1.78. The number of amides is 2. The monoisotopic (exact) mass is 324 g/mol. The van der Waals surface area contributed by atoms with Crippen LogP contribution >= 0.6 is 11.6 Å². The third-order valence-corrected chi connectivity index (χ3v) is 3.54. The number of rotatable bonds is 6. The number of halogens is 1. The van der Waals surface area contributed by atoms with Gasteiger partial charge in [0.1, 0.15) is 0 Å². The van der Waals surface area contributed by atoms with Gasteiger partial charge in [0.05, 0.1) is 0 Å². The van der Waals surface area contributed by atoms with E-state index in [-0.39, 0.29) is 11.8 Å². The quantitative estimate of drug-likeness (QED) is 0.817. The molecule has 4 nitrogen and oxygen atoms in total. The van der Waals surface area contributed by atoms with Crippen molar-refractivity contribution >= 4 is 23.4 Å². The summed E-state index contributed by atoms with van der Waals surface area (Å²) in [5, 5.41) is 3.54. The van der Waals surface area contributed by atoms with Gasteiger partial charge in [-0.1, -0.05) is 44.5 Å². The van der Waals surface area contributed by atoms with Crippen molar-refractivity contribution in [2.45, 2.75) is 40.2 Å². The van der Waals surface area contributed by atoms with E-state index in [1.165, 1.54) is 0 Å². The highest BCUT2D eigenvalue weighted by molar-refractivity contribution is 6.30. The van der Waals surface area contributed by atoms with Crippen LogP contribution in [0.3, 0.4) is 0 Å². The molecule has 0 saturated heterocycles. The SMILES string of the molecule is CN(Cc1ccc(Cl)cc1)C(=O)CCCNC(=O)C(C)(C)C. The molecule has 0 aromatic heterocycles. The molecule has 0 atom stereocenters. The number of hydrogen-bond donors (Lipinski definition) is 1. The topological polar surface area (TPSA) is 49.4 Å². The fourth-order valence-electron chi connectivity index (χ4n) is 1.85. The van der Waals surface area contributed by atoms with E-state index >= 15 is 0 Å². The molecular weight excluding hydrogens is 300 g/mol. The molecule has 0 aliphatic heterocycles. The van der Waals surface area contributed by atoms with Crippen molar-refractivity contribution in [3.8, 4) is 0 Å². The van der Waals surface area contributed by atoms with E-state index in [0.717, 1.165) is 5.56 Å². The third kappa shape index (κ3) is 6.48. The van der Waals surface area contributed by atoms with E-state index in [4.69, 9.17) is 11.6 Å². The first kappa shape index (κ1) is 18.5. The van der Waals surface area contributed by atoms with Gasteiger partial charge in [0.2, 0.25) is 11.8 Å². The van der Waals surface area contributed by atoms with Gasteiger partial charge in [-0.15, -0.1) is 0 Å². The Labute approximate surface area is 137 Å². The Morgan fingerprint density at radius 2 is 1.77 bits per heavy atom. The Hall–Kier alpha value is -1.55. The largest absolute Gasteiger partial charge is 0.356 e. The van der Waals surface area contributed by atoms with Crippen LogP contribution in [-0.4, -0.2) is 30.3 Å². The molecule has 1 N–H and O–H groups in total. The predicted octanol–water partition coefficient (Wildman–Crippen LogP) is 3.24. The lowest BCUT2D eigenvalue weighted by Gasteiger charge is -2.19. The van der Waals surface area contributed by atoms with Crippen molar-refractivity contribution in [1.82, 2.24) is 10.2 Å². The molecule has 5 heteroatoms. The fraction of sp³-hybridized carbons (Fsp3) is 0.529. The highest BCUT2D eigenvalue weighted by Crippen LogP contribution is 2.13. The molecule has 0 fully saturated rings. The second-order valence-corrected chi connectivity index (χ2v) is 6.92. The first-order chi connectivity index (χ1) is 10.2. The Balaban J connectivity index is 2.30. The first-order valence-corrected chi connectivity index (χ1v) is 7.84. The molecule has 2 amide bonds. The highest BCUT2D eigenvalue weighted by atomic mass is 35.5. The zero-order valence-electron chi connectivity index (χ0n) is 13.8. The summed E-state index contributed by atoms with van der Waals surface area (Å²) in [5.74, 6) is 0.0782. The van der Waals surface area contributed by atoms with Gasteiger partial charge in [0.15, 0.2) is 0 Å². The zero-order valence-corrected chi connectivity index (χ0v) is 14.5. The lowest BCUT2D eigenvalue weighted by Crippen LogP contribution is -2.35. The zero-order chi connectivity index (χ0) is 16.8. The van der Waals surface area contributed by atoms with Crippen LogP contribution < -0.4 is 5.32 Å². The molecule has 0 radical (unpaired) electrons. The first-order valence-electron chi connectivity index (χ1n) is 7.47.